The van der Waals surface area contributed by atoms with Gasteiger partial charge in [-0.1, -0.05) is 34.4 Å². The summed E-state index contributed by atoms with van der Waals surface area (Å²) in [4.78, 5) is 0. The number of rotatable bonds is 2. The van der Waals surface area contributed by atoms with Gasteiger partial charge in [-0.15, -0.1) is 0 Å². The van der Waals surface area contributed by atoms with Crippen LogP contribution in [0.5, 0.6) is 0 Å². The van der Waals surface area contributed by atoms with Gasteiger partial charge < -0.3 is 0 Å². The van der Waals surface area contributed by atoms with E-state index in [0.29, 0.717) is 0 Å². The summed E-state index contributed by atoms with van der Waals surface area (Å²) in [5.74, 6) is 0. The molecular weight excluding hydrogens is 268 g/mol. The summed E-state index contributed by atoms with van der Waals surface area (Å²) >= 11 is 0. The van der Waals surface area contributed by atoms with E-state index in [0.717, 1.165) is 0 Å². The van der Waals surface area contributed by atoms with Crippen LogP contribution in [-0.2, 0) is 0 Å². The van der Waals surface area contributed by atoms with Gasteiger partial charge in [0.05, 0.1) is 9.52 Å². The van der Waals surface area contributed by atoms with Gasteiger partial charge in [-0.25, -0.2) is 0 Å². The molecule has 0 fully saturated rings. The fraction of sp³-hybridized carbons (Fsp3) is 0.500. The van der Waals surface area contributed by atoms with Crippen LogP contribution in [0.1, 0.15) is 65.2 Å². The monoisotopic (exact) mass is 294 g/mol. The topological polar surface area (TPSA) is 0 Å². The van der Waals surface area contributed by atoms with Crippen molar-refractivity contribution in [2.45, 2.75) is 65.2 Å². The summed E-state index contributed by atoms with van der Waals surface area (Å²) in [6.45, 7) is 4.73. The molecule has 0 spiro atoms. The second-order valence-corrected chi connectivity index (χ2v) is 8.98. The summed E-state index contributed by atoms with van der Waals surface area (Å²) in [7, 11) is -0.281. The first kappa shape index (κ1) is 13.8. The molecule has 0 heterocycles. The van der Waals surface area contributed by atoms with E-state index in [1.54, 1.807) is 33.4 Å². The summed E-state index contributed by atoms with van der Waals surface area (Å²) in [5, 5.41) is 0. The van der Waals surface area contributed by atoms with E-state index in [1.807, 2.05) is 11.1 Å². The highest BCUT2D eigenvalue weighted by Crippen LogP contribution is 2.47. The minimum absolute atomic E-state index is 0.281. The molecule has 4 aliphatic carbocycles. The van der Waals surface area contributed by atoms with E-state index in [-0.39, 0.29) is 9.52 Å². The van der Waals surface area contributed by atoms with Crippen LogP contribution in [0.2, 0.25) is 0 Å². The van der Waals surface area contributed by atoms with Gasteiger partial charge in [0.15, 0.2) is 0 Å². The molecule has 21 heavy (non-hydrogen) atoms. The molecule has 1 heteroatoms. The van der Waals surface area contributed by atoms with Crippen molar-refractivity contribution in [3.8, 4) is 0 Å². The first-order chi connectivity index (χ1) is 10.2. The normalized spacial score (nSPS) is 27.0. The lowest BCUT2D eigenvalue weighted by Gasteiger charge is -2.26. The van der Waals surface area contributed by atoms with E-state index >= 15 is 0 Å². The average Bonchev–Trinajstić information content (AvgIpc) is 2.97. The van der Waals surface area contributed by atoms with Gasteiger partial charge in [0.1, 0.15) is 0 Å². The SMILES string of the molecule is CC1=CC2=C(CCCC2)[C]1[SiH2][C]1C(C)=CC2=C1CCCC2. The first-order valence-electron chi connectivity index (χ1n) is 8.78. The van der Waals surface area contributed by atoms with Crippen LogP contribution in [0.4, 0.5) is 0 Å². The van der Waals surface area contributed by atoms with Crippen molar-refractivity contribution in [3.05, 3.63) is 56.7 Å². The zero-order valence-corrected chi connectivity index (χ0v) is 14.9. The maximum absolute atomic E-state index is 2.52. The molecule has 0 nitrogen and oxygen atoms in total. The molecule has 0 unspecified atom stereocenters. The third kappa shape index (κ3) is 2.34. The third-order valence-corrected chi connectivity index (χ3v) is 8.51. The number of hydrogen-bond donors (Lipinski definition) is 0. The lowest BCUT2D eigenvalue weighted by molar-refractivity contribution is 0.688. The minimum Gasteiger partial charge on any atom is -0.0653 e. The molecule has 4 aliphatic rings. The molecule has 0 saturated carbocycles. The van der Waals surface area contributed by atoms with E-state index in [4.69, 9.17) is 0 Å². The maximum Gasteiger partial charge on any atom is 0.0565 e. The Bertz CT molecular complexity index is 533. The standard InChI is InChI=1S/C20H26Si/c1-13-11-15-7-3-5-9-17(15)19(13)21-20-14(2)12-16-8-4-6-10-18(16)20/h11-12H,3-10,21H2,1-2H3. The quantitative estimate of drug-likeness (QED) is 0.637. The van der Waals surface area contributed by atoms with Crippen molar-refractivity contribution in [2.75, 3.05) is 0 Å². The Morgan fingerprint density at radius 3 is 1.57 bits per heavy atom. The number of hydrogen-bond acceptors (Lipinski definition) is 0. The molecule has 0 aromatic carbocycles. The molecule has 0 atom stereocenters. The zero-order valence-electron chi connectivity index (χ0n) is 13.5. The van der Waals surface area contributed by atoms with E-state index in [1.165, 1.54) is 51.4 Å². The molecule has 0 saturated heterocycles. The fourth-order valence-electron chi connectivity index (χ4n) is 4.71. The molecule has 4 rings (SSSR count). The summed E-state index contributed by atoms with van der Waals surface area (Å²) < 4.78 is 0. The molecule has 0 bridgehead atoms. The summed E-state index contributed by atoms with van der Waals surface area (Å²) in [6.07, 6.45) is 16.0. The Morgan fingerprint density at radius 1 is 0.667 bits per heavy atom. The highest BCUT2D eigenvalue weighted by atomic mass is 28.2. The van der Waals surface area contributed by atoms with Crippen LogP contribution in [0.3, 0.4) is 0 Å². The van der Waals surface area contributed by atoms with Crippen molar-refractivity contribution in [2.24, 2.45) is 0 Å². The molecule has 0 aromatic heterocycles. The second kappa shape index (κ2) is 5.42. The van der Waals surface area contributed by atoms with E-state index in [9.17, 15) is 0 Å². The van der Waals surface area contributed by atoms with Crippen molar-refractivity contribution in [3.63, 3.8) is 0 Å². The van der Waals surface area contributed by atoms with Gasteiger partial charge in [-0.3, -0.25) is 0 Å². The van der Waals surface area contributed by atoms with Gasteiger partial charge in [0, 0.05) is 11.1 Å². The Labute approximate surface area is 131 Å². The smallest absolute Gasteiger partial charge is 0.0565 e. The molecule has 2 radical (unpaired) electrons. The lowest BCUT2D eigenvalue weighted by atomic mass is 9.93. The van der Waals surface area contributed by atoms with Crippen LogP contribution in [-0.4, -0.2) is 9.52 Å². The van der Waals surface area contributed by atoms with Crippen LogP contribution in [0.15, 0.2) is 45.6 Å². The highest BCUT2D eigenvalue weighted by molar-refractivity contribution is 6.55. The predicted octanol–water partition coefficient (Wildman–Crippen LogP) is 4.88. The zero-order chi connectivity index (χ0) is 14.4. The Balaban J connectivity index is 1.59. The lowest BCUT2D eigenvalue weighted by Crippen LogP contribution is -2.21. The number of allylic oxidation sites excluding steroid dienone is 8. The van der Waals surface area contributed by atoms with Crippen molar-refractivity contribution in [1.82, 2.24) is 0 Å². The van der Waals surface area contributed by atoms with Crippen molar-refractivity contribution in [1.29, 1.82) is 0 Å². The van der Waals surface area contributed by atoms with Gasteiger partial charge in [0.2, 0.25) is 0 Å². The predicted molar refractivity (Wildman–Crippen MR) is 93.5 cm³/mol. The molecule has 0 amide bonds. The second-order valence-electron chi connectivity index (χ2n) is 7.21. The minimum atomic E-state index is -0.281. The molecule has 110 valence electrons. The van der Waals surface area contributed by atoms with E-state index < -0.39 is 0 Å². The van der Waals surface area contributed by atoms with Gasteiger partial charge in [-0.05, 0) is 76.4 Å². The molecular formula is C20H26Si. The van der Waals surface area contributed by atoms with Crippen LogP contribution < -0.4 is 0 Å². The Hall–Kier alpha value is -0.823. The third-order valence-electron chi connectivity index (χ3n) is 5.84. The molecule has 0 aromatic rings. The van der Waals surface area contributed by atoms with Gasteiger partial charge >= 0.3 is 0 Å². The first-order valence-corrected chi connectivity index (χ1v) is 10.2. The van der Waals surface area contributed by atoms with Crippen LogP contribution in [0.25, 0.3) is 0 Å². The van der Waals surface area contributed by atoms with Gasteiger partial charge in [0.25, 0.3) is 0 Å². The van der Waals surface area contributed by atoms with E-state index in [2.05, 4.69) is 26.0 Å². The Morgan fingerprint density at radius 2 is 1.10 bits per heavy atom. The van der Waals surface area contributed by atoms with Crippen LogP contribution in [0, 0.1) is 11.1 Å². The highest BCUT2D eigenvalue weighted by Gasteiger charge is 2.34. The van der Waals surface area contributed by atoms with Crippen molar-refractivity contribution < 1.29 is 0 Å². The maximum atomic E-state index is 2.52. The van der Waals surface area contributed by atoms with Crippen LogP contribution >= 0.6 is 0 Å². The Kier molecular flexibility index (Phi) is 3.57. The van der Waals surface area contributed by atoms with Crippen molar-refractivity contribution >= 4 is 9.52 Å². The summed E-state index contributed by atoms with van der Waals surface area (Å²) in [6, 6.07) is 0. The molecule has 0 N–H and O–H groups in total. The largest absolute Gasteiger partial charge is 0.0653 e. The molecule has 0 aliphatic heterocycles. The van der Waals surface area contributed by atoms with Gasteiger partial charge in [-0.2, -0.15) is 0 Å². The fourth-order valence-corrected chi connectivity index (χ4v) is 7.06. The average molecular weight is 295 g/mol. The summed E-state index contributed by atoms with van der Waals surface area (Å²) in [5.41, 5.74) is 13.8.